The van der Waals surface area contributed by atoms with Crippen LogP contribution in [0.3, 0.4) is 0 Å². The quantitative estimate of drug-likeness (QED) is 0.681. The van der Waals surface area contributed by atoms with Crippen LogP contribution in [0.2, 0.25) is 0 Å². The minimum atomic E-state index is -0.0402. The first-order valence-electron chi connectivity index (χ1n) is 9.15. The van der Waals surface area contributed by atoms with E-state index in [1.54, 1.807) is 16.9 Å². The van der Waals surface area contributed by atoms with Crippen molar-refractivity contribution in [2.24, 2.45) is 7.05 Å². The van der Waals surface area contributed by atoms with Crippen LogP contribution in [0.25, 0.3) is 5.65 Å². The van der Waals surface area contributed by atoms with Crippen LogP contribution in [0.4, 0.5) is 0 Å². The molecule has 1 atom stereocenters. The Morgan fingerprint density at radius 2 is 2.19 bits per heavy atom. The SMILES string of the molecule is CN(C)Cc1nnc([C@H]2CCCN(C(=O)c3cnc4cccnn34)C2)n1C. The molecule has 0 spiro atoms. The molecule has 0 aliphatic carbocycles. The van der Waals surface area contributed by atoms with E-state index >= 15 is 0 Å². The molecule has 0 bridgehead atoms. The number of fused-ring (bicyclic) bond motifs is 1. The van der Waals surface area contributed by atoms with E-state index in [1.165, 1.54) is 0 Å². The Hall–Kier alpha value is -2.81. The molecule has 4 heterocycles. The number of likely N-dealkylation sites (tertiary alicyclic amines) is 1. The van der Waals surface area contributed by atoms with E-state index in [9.17, 15) is 4.79 Å². The van der Waals surface area contributed by atoms with E-state index in [2.05, 4.69) is 29.7 Å². The van der Waals surface area contributed by atoms with Gasteiger partial charge in [-0.05, 0) is 39.1 Å². The van der Waals surface area contributed by atoms with Gasteiger partial charge < -0.3 is 14.4 Å². The van der Waals surface area contributed by atoms with Gasteiger partial charge in [0.1, 0.15) is 11.6 Å². The smallest absolute Gasteiger partial charge is 0.274 e. The van der Waals surface area contributed by atoms with Crippen molar-refractivity contribution in [3.05, 3.63) is 41.9 Å². The zero-order valence-corrected chi connectivity index (χ0v) is 15.9. The van der Waals surface area contributed by atoms with Gasteiger partial charge in [-0.15, -0.1) is 10.2 Å². The van der Waals surface area contributed by atoms with E-state index in [-0.39, 0.29) is 11.8 Å². The predicted octanol–water partition coefficient (Wildman–Crippen LogP) is 0.939. The molecular formula is C18H24N8O. The van der Waals surface area contributed by atoms with Crippen molar-refractivity contribution in [2.45, 2.75) is 25.3 Å². The summed E-state index contributed by atoms with van der Waals surface area (Å²) in [5.74, 6) is 2.02. The first-order chi connectivity index (χ1) is 13.0. The molecule has 1 aliphatic rings. The second-order valence-electron chi connectivity index (χ2n) is 7.30. The van der Waals surface area contributed by atoms with E-state index in [1.807, 2.05) is 38.2 Å². The summed E-state index contributed by atoms with van der Waals surface area (Å²) in [5, 5.41) is 13.0. The second kappa shape index (κ2) is 7.07. The zero-order valence-electron chi connectivity index (χ0n) is 15.9. The van der Waals surface area contributed by atoms with Crippen molar-refractivity contribution >= 4 is 11.6 Å². The first-order valence-corrected chi connectivity index (χ1v) is 9.15. The molecule has 3 aromatic rings. The maximum absolute atomic E-state index is 13.1. The average molecular weight is 368 g/mol. The monoisotopic (exact) mass is 368 g/mol. The highest BCUT2D eigenvalue weighted by Crippen LogP contribution is 2.27. The summed E-state index contributed by atoms with van der Waals surface area (Å²) in [6, 6.07) is 3.65. The van der Waals surface area contributed by atoms with E-state index in [0.29, 0.717) is 17.9 Å². The molecule has 0 unspecified atom stereocenters. The topological polar surface area (TPSA) is 84.5 Å². The number of piperidine rings is 1. The van der Waals surface area contributed by atoms with Crippen molar-refractivity contribution < 1.29 is 4.79 Å². The summed E-state index contributed by atoms with van der Waals surface area (Å²) in [6.07, 6.45) is 5.21. The fourth-order valence-electron chi connectivity index (χ4n) is 3.66. The Labute approximate surface area is 157 Å². The lowest BCUT2D eigenvalue weighted by Gasteiger charge is -2.32. The molecule has 1 amide bonds. The third-order valence-electron chi connectivity index (χ3n) is 5.03. The van der Waals surface area contributed by atoms with Gasteiger partial charge in [-0.2, -0.15) is 5.10 Å². The standard InChI is InChI=1S/C18H24N8O/c1-23(2)12-16-21-22-17(24(16)3)13-6-5-9-25(11-13)18(27)14-10-19-15-7-4-8-20-26(14)15/h4,7-8,10,13H,5-6,9,11-12H2,1-3H3/t13-/m0/s1. The molecule has 9 heteroatoms. The molecule has 4 rings (SSSR count). The Morgan fingerprint density at radius 3 is 3.00 bits per heavy atom. The Bertz CT molecular complexity index is 959. The van der Waals surface area contributed by atoms with Crippen LogP contribution >= 0.6 is 0 Å². The normalized spacial score (nSPS) is 17.8. The van der Waals surface area contributed by atoms with Crippen LogP contribution in [0, 0.1) is 0 Å². The minimum absolute atomic E-state index is 0.0402. The van der Waals surface area contributed by atoms with E-state index in [4.69, 9.17) is 0 Å². The molecule has 27 heavy (non-hydrogen) atoms. The third-order valence-corrected chi connectivity index (χ3v) is 5.03. The summed E-state index contributed by atoms with van der Waals surface area (Å²) in [6.45, 7) is 2.11. The van der Waals surface area contributed by atoms with Crippen LogP contribution in [-0.4, -0.2) is 72.3 Å². The Kier molecular flexibility index (Phi) is 4.61. The van der Waals surface area contributed by atoms with Gasteiger partial charge in [-0.1, -0.05) is 0 Å². The maximum atomic E-state index is 13.1. The van der Waals surface area contributed by atoms with Crippen LogP contribution in [0.5, 0.6) is 0 Å². The molecule has 1 aliphatic heterocycles. The lowest BCUT2D eigenvalue weighted by Crippen LogP contribution is -2.40. The number of imidazole rings is 1. The first kappa shape index (κ1) is 17.6. The van der Waals surface area contributed by atoms with Gasteiger partial charge in [-0.25, -0.2) is 9.50 Å². The van der Waals surface area contributed by atoms with Gasteiger partial charge in [-0.3, -0.25) is 4.79 Å². The number of carbonyl (C=O) groups excluding carboxylic acids is 1. The number of hydrogen-bond donors (Lipinski definition) is 0. The summed E-state index contributed by atoms with van der Waals surface area (Å²) in [5.41, 5.74) is 1.17. The molecule has 0 N–H and O–H groups in total. The molecule has 0 aromatic carbocycles. The van der Waals surface area contributed by atoms with Crippen LogP contribution in [0.15, 0.2) is 24.5 Å². The zero-order chi connectivity index (χ0) is 19.0. The minimum Gasteiger partial charge on any atom is -0.337 e. The van der Waals surface area contributed by atoms with Crippen LogP contribution in [-0.2, 0) is 13.6 Å². The molecular weight excluding hydrogens is 344 g/mol. The maximum Gasteiger partial charge on any atom is 0.274 e. The summed E-state index contributed by atoms with van der Waals surface area (Å²) >= 11 is 0. The van der Waals surface area contributed by atoms with Gasteiger partial charge in [0.15, 0.2) is 11.3 Å². The molecule has 142 valence electrons. The highest BCUT2D eigenvalue weighted by molar-refractivity contribution is 5.93. The summed E-state index contributed by atoms with van der Waals surface area (Å²) in [4.78, 5) is 21.3. The number of nitrogens with zero attached hydrogens (tertiary/aromatic N) is 8. The van der Waals surface area contributed by atoms with Gasteiger partial charge in [0.05, 0.1) is 12.7 Å². The second-order valence-corrected chi connectivity index (χ2v) is 7.30. The lowest BCUT2D eigenvalue weighted by molar-refractivity contribution is 0.0695. The summed E-state index contributed by atoms with van der Waals surface area (Å²) in [7, 11) is 6.03. The number of hydrogen-bond acceptors (Lipinski definition) is 6. The number of carbonyl (C=O) groups is 1. The number of amides is 1. The summed E-state index contributed by atoms with van der Waals surface area (Å²) < 4.78 is 3.66. The van der Waals surface area contributed by atoms with Crippen molar-refractivity contribution in [1.29, 1.82) is 0 Å². The lowest BCUT2D eigenvalue weighted by atomic mass is 9.97. The fraction of sp³-hybridized carbons (Fsp3) is 0.500. The Morgan fingerprint density at radius 1 is 1.33 bits per heavy atom. The van der Waals surface area contributed by atoms with Gasteiger partial charge in [0.2, 0.25) is 0 Å². The predicted molar refractivity (Wildman–Crippen MR) is 99.3 cm³/mol. The van der Waals surface area contributed by atoms with Crippen molar-refractivity contribution in [1.82, 2.24) is 39.2 Å². The van der Waals surface area contributed by atoms with Crippen LogP contribution in [0.1, 0.15) is 40.9 Å². The van der Waals surface area contributed by atoms with E-state index in [0.717, 1.165) is 37.6 Å². The molecule has 0 radical (unpaired) electrons. The molecule has 0 saturated carbocycles. The Balaban J connectivity index is 1.55. The van der Waals surface area contributed by atoms with Gasteiger partial charge in [0.25, 0.3) is 5.91 Å². The largest absolute Gasteiger partial charge is 0.337 e. The number of aromatic nitrogens is 6. The highest BCUT2D eigenvalue weighted by atomic mass is 16.2. The van der Waals surface area contributed by atoms with Gasteiger partial charge in [0, 0.05) is 32.3 Å². The highest BCUT2D eigenvalue weighted by Gasteiger charge is 2.30. The van der Waals surface area contributed by atoms with Crippen molar-refractivity contribution in [3.8, 4) is 0 Å². The molecule has 1 fully saturated rings. The molecule has 1 saturated heterocycles. The third kappa shape index (κ3) is 3.30. The fourth-order valence-corrected chi connectivity index (χ4v) is 3.66. The van der Waals surface area contributed by atoms with Gasteiger partial charge >= 0.3 is 0 Å². The number of rotatable bonds is 4. The molecule has 3 aromatic heterocycles. The van der Waals surface area contributed by atoms with E-state index < -0.39 is 0 Å². The van der Waals surface area contributed by atoms with Crippen molar-refractivity contribution in [2.75, 3.05) is 27.2 Å². The van der Waals surface area contributed by atoms with Crippen LogP contribution < -0.4 is 0 Å². The molecule has 9 nitrogen and oxygen atoms in total. The van der Waals surface area contributed by atoms with Crippen molar-refractivity contribution in [3.63, 3.8) is 0 Å². The average Bonchev–Trinajstić information content (AvgIpc) is 3.25.